The molecule has 1 fully saturated rings. The summed E-state index contributed by atoms with van der Waals surface area (Å²) in [5.74, 6) is 0.467. The van der Waals surface area contributed by atoms with Crippen molar-refractivity contribution < 1.29 is 1.37 Å². The predicted octanol–water partition coefficient (Wildman–Crippen LogP) is 3.61. The molecule has 0 spiro atoms. The van der Waals surface area contributed by atoms with Gasteiger partial charge in [0.15, 0.2) is 0 Å². The maximum atomic E-state index is 7.92. The third-order valence-corrected chi connectivity index (χ3v) is 2.67. The van der Waals surface area contributed by atoms with Gasteiger partial charge in [-0.2, -0.15) is 0 Å². The highest BCUT2D eigenvalue weighted by Crippen LogP contribution is 2.28. The van der Waals surface area contributed by atoms with Crippen LogP contribution in [0.5, 0.6) is 0 Å². The van der Waals surface area contributed by atoms with Crippen molar-refractivity contribution >= 4 is 0 Å². The minimum Gasteiger partial charge on any atom is -0.0625 e. The van der Waals surface area contributed by atoms with Crippen molar-refractivity contribution in [2.24, 2.45) is 11.8 Å². The summed E-state index contributed by atoms with van der Waals surface area (Å²) >= 11 is 0. The van der Waals surface area contributed by atoms with Gasteiger partial charge in [0.2, 0.25) is 0 Å². The first-order valence-corrected chi connectivity index (χ1v) is 4.61. The second-order valence-corrected chi connectivity index (χ2v) is 3.77. The summed E-state index contributed by atoms with van der Waals surface area (Å²) < 4.78 is 7.92. The summed E-state index contributed by atoms with van der Waals surface area (Å²) in [5, 5.41) is 0. The highest BCUT2D eigenvalue weighted by atomic mass is 14.2. The summed E-state index contributed by atoms with van der Waals surface area (Å²) in [4.78, 5) is 0. The minimum absolute atomic E-state index is 0.190. The van der Waals surface area contributed by atoms with Crippen LogP contribution in [0.1, 0.15) is 53.7 Å². The third kappa shape index (κ3) is 2.32. The number of hydrogen-bond acceptors (Lipinski definition) is 0. The van der Waals surface area contributed by atoms with Crippen LogP contribution in [0.3, 0.4) is 0 Å². The Labute approximate surface area is 66.4 Å². The SMILES string of the molecule is [2H]C(C)(C)C1CCCCCC1. The van der Waals surface area contributed by atoms with Crippen LogP contribution < -0.4 is 0 Å². The fourth-order valence-electron chi connectivity index (χ4n) is 1.86. The smallest absolute Gasteiger partial charge is 0.0300 e. The van der Waals surface area contributed by atoms with Crippen molar-refractivity contribution in [3.8, 4) is 0 Å². The maximum absolute atomic E-state index is 7.92. The molecule has 0 aromatic rings. The first-order chi connectivity index (χ1) is 5.11. The van der Waals surface area contributed by atoms with Crippen molar-refractivity contribution in [3.05, 3.63) is 0 Å². The second-order valence-electron chi connectivity index (χ2n) is 3.77. The molecule has 0 bridgehead atoms. The van der Waals surface area contributed by atoms with Crippen LogP contribution >= 0.6 is 0 Å². The molecule has 1 aliphatic rings. The van der Waals surface area contributed by atoms with E-state index in [4.69, 9.17) is 1.37 Å². The van der Waals surface area contributed by atoms with E-state index in [2.05, 4.69) is 13.8 Å². The van der Waals surface area contributed by atoms with Crippen molar-refractivity contribution in [3.63, 3.8) is 0 Å². The van der Waals surface area contributed by atoms with Gasteiger partial charge in [-0.15, -0.1) is 0 Å². The monoisotopic (exact) mass is 141 g/mol. The van der Waals surface area contributed by atoms with E-state index in [0.29, 0.717) is 5.92 Å². The molecule has 0 aromatic heterocycles. The Morgan fingerprint density at radius 3 is 2.00 bits per heavy atom. The number of rotatable bonds is 1. The standard InChI is InChI=1S/C10H20/c1-9(2)10-7-5-3-4-6-8-10/h9-10H,3-8H2,1-2H3/i9D. The molecule has 0 aliphatic heterocycles. The van der Waals surface area contributed by atoms with Gasteiger partial charge in [-0.05, 0) is 11.8 Å². The molecule has 0 heteroatoms. The van der Waals surface area contributed by atoms with E-state index in [-0.39, 0.29) is 5.89 Å². The summed E-state index contributed by atoms with van der Waals surface area (Å²) in [7, 11) is 0. The lowest BCUT2D eigenvalue weighted by molar-refractivity contribution is 0.342. The van der Waals surface area contributed by atoms with Crippen LogP contribution in [-0.4, -0.2) is 0 Å². The van der Waals surface area contributed by atoms with Gasteiger partial charge >= 0.3 is 0 Å². The van der Waals surface area contributed by atoms with E-state index in [1.54, 1.807) is 0 Å². The van der Waals surface area contributed by atoms with Crippen LogP contribution in [0.4, 0.5) is 0 Å². The number of hydrogen-bond donors (Lipinski definition) is 0. The highest BCUT2D eigenvalue weighted by molar-refractivity contribution is 4.66. The Balaban J connectivity index is 2.43. The van der Waals surface area contributed by atoms with Crippen LogP contribution in [-0.2, 0) is 0 Å². The van der Waals surface area contributed by atoms with E-state index < -0.39 is 0 Å². The summed E-state index contributed by atoms with van der Waals surface area (Å²) in [6.45, 7) is 4.12. The summed E-state index contributed by atoms with van der Waals surface area (Å²) in [5.41, 5.74) is 0. The van der Waals surface area contributed by atoms with Gasteiger partial charge in [-0.25, -0.2) is 0 Å². The molecule has 1 saturated carbocycles. The topological polar surface area (TPSA) is 0 Å². The van der Waals surface area contributed by atoms with Gasteiger partial charge in [0.1, 0.15) is 0 Å². The van der Waals surface area contributed by atoms with E-state index in [1.807, 2.05) is 0 Å². The molecule has 0 atom stereocenters. The molecule has 0 saturated heterocycles. The Morgan fingerprint density at radius 2 is 1.60 bits per heavy atom. The second kappa shape index (κ2) is 4.00. The van der Waals surface area contributed by atoms with Crippen molar-refractivity contribution in [2.45, 2.75) is 52.4 Å². The maximum Gasteiger partial charge on any atom is 0.0300 e. The zero-order chi connectivity index (χ0) is 8.32. The first kappa shape index (κ1) is 6.69. The zero-order valence-corrected chi connectivity index (χ0v) is 7.32. The van der Waals surface area contributed by atoms with E-state index >= 15 is 0 Å². The fraction of sp³-hybridized carbons (Fsp3) is 1.00. The predicted molar refractivity (Wildman–Crippen MR) is 46.0 cm³/mol. The lowest BCUT2D eigenvalue weighted by Crippen LogP contribution is -2.06. The normalized spacial score (nSPS) is 25.6. The third-order valence-electron chi connectivity index (χ3n) is 2.67. The summed E-state index contributed by atoms with van der Waals surface area (Å²) in [6.07, 6.45) is 8.08. The van der Waals surface area contributed by atoms with Gasteiger partial charge in [0.25, 0.3) is 0 Å². The lowest BCUT2D eigenvalue weighted by Gasteiger charge is -2.17. The van der Waals surface area contributed by atoms with Crippen LogP contribution in [0.25, 0.3) is 0 Å². The highest BCUT2D eigenvalue weighted by Gasteiger charge is 2.14. The van der Waals surface area contributed by atoms with E-state index in [1.165, 1.54) is 38.5 Å². The molecule has 0 aromatic carbocycles. The Bertz CT molecular complexity index is 105. The molecule has 1 aliphatic carbocycles. The minimum atomic E-state index is -0.190. The molecular formula is C10H20. The Hall–Kier alpha value is 0. The van der Waals surface area contributed by atoms with Gasteiger partial charge in [-0.1, -0.05) is 52.4 Å². The largest absolute Gasteiger partial charge is 0.0625 e. The fourth-order valence-corrected chi connectivity index (χ4v) is 1.86. The van der Waals surface area contributed by atoms with Crippen LogP contribution in [0.2, 0.25) is 0 Å². The van der Waals surface area contributed by atoms with E-state index in [0.717, 1.165) is 0 Å². The molecule has 10 heavy (non-hydrogen) atoms. The van der Waals surface area contributed by atoms with Gasteiger partial charge in [-0.3, -0.25) is 0 Å². The average molecular weight is 141 g/mol. The Morgan fingerprint density at radius 1 is 1.10 bits per heavy atom. The van der Waals surface area contributed by atoms with E-state index in [9.17, 15) is 0 Å². The Kier molecular flexibility index (Phi) is 2.68. The summed E-state index contributed by atoms with van der Waals surface area (Å²) in [6, 6.07) is 0. The average Bonchev–Trinajstić information content (AvgIpc) is 2.10. The van der Waals surface area contributed by atoms with Crippen molar-refractivity contribution in [1.29, 1.82) is 0 Å². The zero-order valence-electron chi connectivity index (χ0n) is 8.32. The molecule has 0 N–H and O–H groups in total. The van der Waals surface area contributed by atoms with Gasteiger partial charge in [0, 0.05) is 1.37 Å². The molecule has 60 valence electrons. The van der Waals surface area contributed by atoms with Gasteiger partial charge in [0.05, 0.1) is 0 Å². The molecule has 0 nitrogen and oxygen atoms in total. The lowest BCUT2D eigenvalue weighted by atomic mass is 9.89. The van der Waals surface area contributed by atoms with Crippen molar-refractivity contribution in [1.82, 2.24) is 0 Å². The molecular weight excluding hydrogens is 120 g/mol. The molecule has 0 radical (unpaired) electrons. The van der Waals surface area contributed by atoms with Gasteiger partial charge < -0.3 is 0 Å². The van der Waals surface area contributed by atoms with Crippen LogP contribution in [0.15, 0.2) is 0 Å². The van der Waals surface area contributed by atoms with Crippen molar-refractivity contribution in [2.75, 3.05) is 0 Å². The molecule has 0 heterocycles. The first-order valence-electron chi connectivity index (χ1n) is 5.11. The molecule has 1 rings (SSSR count). The van der Waals surface area contributed by atoms with Crippen LogP contribution in [0, 0.1) is 11.8 Å². The molecule has 0 unspecified atom stereocenters. The molecule has 0 amide bonds. The quantitative estimate of drug-likeness (QED) is 0.489.